The molecule has 4 atom stereocenters. The van der Waals surface area contributed by atoms with Crippen molar-refractivity contribution in [3.63, 3.8) is 0 Å². The maximum atomic E-state index is 12.8. The van der Waals surface area contributed by atoms with Crippen molar-refractivity contribution in [2.24, 2.45) is 0 Å². The van der Waals surface area contributed by atoms with E-state index >= 15 is 0 Å². The van der Waals surface area contributed by atoms with Crippen molar-refractivity contribution in [2.45, 2.75) is 21.8 Å². The summed E-state index contributed by atoms with van der Waals surface area (Å²) in [6.45, 7) is 0. The lowest BCUT2D eigenvalue weighted by Gasteiger charge is -2.46. The molecular formula is C14H12IN3O4. The predicted molar refractivity (Wildman–Crippen MR) is 86.5 cm³/mol. The molecule has 0 radical (unpaired) electrons. The van der Waals surface area contributed by atoms with Crippen LogP contribution in [0.4, 0.5) is 0 Å². The number of alkyl halides is 1. The molecule has 1 aliphatic carbocycles. The zero-order valence-corrected chi connectivity index (χ0v) is 13.4. The summed E-state index contributed by atoms with van der Waals surface area (Å²) in [5, 5.41) is 20.5. The highest BCUT2D eigenvalue weighted by molar-refractivity contribution is 14.1. The zero-order chi connectivity index (χ0) is 15.6. The molecule has 3 aliphatic rings. The summed E-state index contributed by atoms with van der Waals surface area (Å²) in [6, 6.07) is 7.84. The Kier molecular flexibility index (Phi) is 2.81. The van der Waals surface area contributed by atoms with E-state index in [2.05, 4.69) is 0 Å². The van der Waals surface area contributed by atoms with Crippen LogP contribution in [0.15, 0.2) is 52.1 Å². The van der Waals surface area contributed by atoms with Gasteiger partial charge in [-0.1, -0.05) is 24.3 Å². The Hall–Kier alpha value is -1.65. The number of para-hydroxylation sites is 1. The smallest absolute Gasteiger partial charge is 0.353 e. The van der Waals surface area contributed by atoms with E-state index in [-0.39, 0.29) is 0 Å². The SMILES string of the molecule is O=c1n(-c2ccccc2)c(=O)n2n1[C@@H]1C=C[C@@]2(I)[C@H](O)[C@@H]1O. The summed E-state index contributed by atoms with van der Waals surface area (Å²) in [4.78, 5) is 25.5. The van der Waals surface area contributed by atoms with Crippen molar-refractivity contribution < 1.29 is 10.2 Å². The Morgan fingerprint density at radius 1 is 1.09 bits per heavy atom. The third-order valence-electron chi connectivity index (χ3n) is 4.21. The highest BCUT2D eigenvalue weighted by Gasteiger charge is 2.54. The van der Waals surface area contributed by atoms with E-state index in [0.29, 0.717) is 5.69 Å². The number of fused-ring (bicyclic) bond motifs is 1. The van der Waals surface area contributed by atoms with Gasteiger partial charge in [-0.05, 0) is 40.8 Å². The van der Waals surface area contributed by atoms with E-state index in [4.69, 9.17) is 0 Å². The first-order valence-electron chi connectivity index (χ1n) is 6.73. The van der Waals surface area contributed by atoms with Crippen LogP contribution in [0.3, 0.4) is 0 Å². The molecule has 0 fully saturated rings. The van der Waals surface area contributed by atoms with Gasteiger partial charge in [-0.2, -0.15) is 0 Å². The van der Waals surface area contributed by atoms with Gasteiger partial charge >= 0.3 is 11.4 Å². The Balaban J connectivity index is 2.08. The van der Waals surface area contributed by atoms with E-state index in [1.165, 1.54) is 9.36 Å². The van der Waals surface area contributed by atoms with Gasteiger partial charge in [-0.25, -0.2) is 23.5 Å². The number of hydrogen-bond donors (Lipinski definition) is 2. The first-order valence-corrected chi connectivity index (χ1v) is 7.81. The number of rotatable bonds is 1. The van der Waals surface area contributed by atoms with Crippen LogP contribution >= 0.6 is 22.6 Å². The molecule has 0 unspecified atom stereocenters. The number of aromatic nitrogens is 3. The molecule has 1 aromatic heterocycles. The van der Waals surface area contributed by atoms with Gasteiger partial charge in [0.15, 0.2) is 3.55 Å². The second-order valence-electron chi connectivity index (χ2n) is 5.41. The molecule has 5 rings (SSSR count). The third kappa shape index (κ3) is 1.52. The van der Waals surface area contributed by atoms with E-state index in [1.807, 2.05) is 22.6 Å². The number of halogens is 1. The molecule has 114 valence electrons. The Morgan fingerprint density at radius 3 is 2.45 bits per heavy atom. The van der Waals surface area contributed by atoms with Gasteiger partial charge in [0, 0.05) is 0 Å². The molecule has 2 bridgehead atoms. The second-order valence-corrected chi connectivity index (χ2v) is 7.13. The molecule has 0 amide bonds. The maximum Gasteiger partial charge on any atom is 0.353 e. The first kappa shape index (κ1) is 14.0. The first-order chi connectivity index (χ1) is 10.5. The molecule has 2 N–H and O–H groups in total. The number of hydrogen-bond acceptors (Lipinski definition) is 4. The second kappa shape index (κ2) is 4.43. The largest absolute Gasteiger partial charge is 0.388 e. The van der Waals surface area contributed by atoms with E-state index in [0.717, 1.165) is 4.57 Å². The van der Waals surface area contributed by atoms with Crippen molar-refractivity contribution in [3.05, 3.63) is 63.5 Å². The Labute approximate surface area is 137 Å². The fraction of sp³-hybridized carbons (Fsp3) is 0.286. The molecule has 2 aromatic rings. The van der Waals surface area contributed by atoms with Gasteiger partial charge in [-0.3, -0.25) is 0 Å². The van der Waals surface area contributed by atoms with Crippen LogP contribution in [0.2, 0.25) is 0 Å². The van der Waals surface area contributed by atoms with Crippen LogP contribution in [-0.2, 0) is 3.55 Å². The lowest BCUT2D eigenvalue weighted by molar-refractivity contribution is -0.0704. The number of aliphatic hydroxyl groups is 2. The monoisotopic (exact) mass is 413 g/mol. The lowest BCUT2D eigenvalue weighted by atomic mass is 9.90. The minimum atomic E-state index is -1.18. The van der Waals surface area contributed by atoms with Crippen molar-refractivity contribution in [1.29, 1.82) is 0 Å². The van der Waals surface area contributed by atoms with Crippen molar-refractivity contribution >= 4 is 22.6 Å². The Morgan fingerprint density at radius 2 is 1.77 bits per heavy atom. The molecule has 1 aromatic carbocycles. The molecule has 0 spiro atoms. The molecule has 7 nitrogen and oxygen atoms in total. The molecule has 0 saturated carbocycles. The summed E-state index contributed by atoms with van der Waals surface area (Å²) in [7, 11) is 0. The van der Waals surface area contributed by atoms with Gasteiger partial charge in [0.05, 0.1) is 5.69 Å². The maximum absolute atomic E-state index is 12.8. The molecule has 0 saturated heterocycles. The summed E-state index contributed by atoms with van der Waals surface area (Å²) >= 11 is 1.89. The number of benzene rings is 1. The van der Waals surface area contributed by atoms with Crippen LogP contribution in [0, 0.1) is 0 Å². The summed E-state index contributed by atoms with van der Waals surface area (Å²) in [5.41, 5.74) is -0.612. The van der Waals surface area contributed by atoms with Crippen molar-refractivity contribution in [1.82, 2.24) is 13.9 Å². The van der Waals surface area contributed by atoms with Crippen molar-refractivity contribution in [3.8, 4) is 5.69 Å². The number of nitrogens with zero attached hydrogens (tertiary/aromatic N) is 3. The van der Waals surface area contributed by atoms with Crippen LogP contribution in [0.5, 0.6) is 0 Å². The highest BCUT2D eigenvalue weighted by atomic mass is 127. The van der Waals surface area contributed by atoms with Gasteiger partial charge in [0.25, 0.3) is 0 Å². The average Bonchev–Trinajstić information content (AvgIpc) is 2.79. The van der Waals surface area contributed by atoms with E-state index < -0.39 is 33.2 Å². The number of aliphatic hydroxyl groups excluding tert-OH is 2. The third-order valence-corrected chi connectivity index (χ3v) is 5.67. The molecule has 8 heteroatoms. The van der Waals surface area contributed by atoms with Crippen molar-refractivity contribution in [2.75, 3.05) is 0 Å². The van der Waals surface area contributed by atoms with E-state index in [9.17, 15) is 19.8 Å². The normalized spacial score (nSPS) is 32.2. The molecule has 2 aliphatic heterocycles. The average molecular weight is 413 g/mol. The summed E-state index contributed by atoms with van der Waals surface area (Å²) < 4.78 is 2.32. The lowest BCUT2D eigenvalue weighted by Crippen LogP contribution is -2.62. The van der Waals surface area contributed by atoms with Gasteiger partial charge in [-0.15, -0.1) is 0 Å². The molecular weight excluding hydrogens is 401 g/mol. The summed E-state index contributed by atoms with van der Waals surface area (Å²) in [5.74, 6) is 0. The van der Waals surface area contributed by atoms with Crippen LogP contribution < -0.4 is 11.4 Å². The van der Waals surface area contributed by atoms with Crippen LogP contribution in [0.1, 0.15) is 6.04 Å². The molecule has 3 heterocycles. The van der Waals surface area contributed by atoms with Gasteiger partial charge < -0.3 is 10.2 Å². The predicted octanol–water partition coefficient (Wildman–Crippen LogP) is -0.265. The minimum Gasteiger partial charge on any atom is -0.388 e. The minimum absolute atomic E-state index is 0.454. The topological polar surface area (TPSA) is 89.4 Å². The van der Waals surface area contributed by atoms with Crippen LogP contribution in [0.25, 0.3) is 5.69 Å². The van der Waals surface area contributed by atoms with E-state index in [1.54, 1.807) is 42.5 Å². The molecule has 22 heavy (non-hydrogen) atoms. The van der Waals surface area contributed by atoms with Gasteiger partial charge in [0.2, 0.25) is 0 Å². The summed E-state index contributed by atoms with van der Waals surface area (Å²) in [6.07, 6.45) is 1.02. The van der Waals surface area contributed by atoms with Gasteiger partial charge in [0.1, 0.15) is 18.2 Å². The quantitative estimate of drug-likeness (QED) is 0.383. The standard InChI is InChI=1S/C14H12IN3O4/c15-14-7-6-9(10(19)11(14)20)17-12(21)16(13(22)18(14)17)8-4-2-1-3-5-8/h1-7,9-11,19-20H/t9-,10-,11-,14+/m1/s1. The zero-order valence-electron chi connectivity index (χ0n) is 11.2. The highest BCUT2D eigenvalue weighted by Crippen LogP contribution is 2.43. The fourth-order valence-electron chi connectivity index (χ4n) is 3.12. The Bertz CT molecular complexity index is 897. The van der Waals surface area contributed by atoms with Crippen LogP contribution in [-0.4, -0.2) is 36.4 Å². The fourth-order valence-corrected chi connectivity index (χ4v) is 4.14.